The number of nitrogens with one attached hydrogen (secondary N) is 1. The van der Waals surface area contributed by atoms with Crippen molar-refractivity contribution in [3.05, 3.63) is 22.8 Å². The van der Waals surface area contributed by atoms with Crippen molar-refractivity contribution < 1.29 is 19.4 Å². The number of rotatable bonds is 7. The van der Waals surface area contributed by atoms with Crippen molar-refractivity contribution >= 4 is 5.97 Å². The highest BCUT2D eigenvalue weighted by molar-refractivity contribution is 5.97. The Bertz CT molecular complexity index is 515. The van der Waals surface area contributed by atoms with Gasteiger partial charge < -0.3 is 14.6 Å². The molecule has 2 saturated heterocycles. The summed E-state index contributed by atoms with van der Waals surface area (Å²) < 4.78 is 11.3. The number of aliphatic hydroxyl groups is 1. The van der Waals surface area contributed by atoms with Gasteiger partial charge in [0.25, 0.3) is 0 Å². The minimum absolute atomic E-state index is 0.0119. The van der Waals surface area contributed by atoms with Crippen molar-refractivity contribution in [3.8, 4) is 0 Å². The molecule has 0 saturated carbocycles. The van der Waals surface area contributed by atoms with Crippen molar-refractivity contribution in [1.29, 1.82) is 0 Å². The minimum Gasteiger partial charge on any atom is -0.457 e. The van der Waals surface area contributed by atoms with Gasteiger partial charge in [-0.2, -0.15) is 0 Å². The Morgan fingerprint density at radius 3 is 3.13 bits per heavy atom. The summed E-state index contributed by atoms with van der Waals surface area (Å²) in [5, 5.41) is 11.8. The van der Waals surface area contributed by atoms with E-state index in [0.717, 1.165) is 50.2 Å². The van der Waals surface area contributed by atoms with E-state index in [1.165, 1.54) is 5.57 Å². The summed E-state index contributed by atoms with van der Waals surface area (Å²) in [6.07, 6.45) is 3.96. The Morgan fingerprint density at radius 1 is 1.48 bits per heavy atom. The molecule has 1 aliphatic carbocycles. The molecule has 0 spiro atoms. The third-order valence-corrected chi connectivity index (χ3v) is 5.06. The Morgan fingerprint density at radius 2 is 2.35 bits per heavy atom. The van der Waals surface area contributed by atoms with Gasteiger partial charge in [-0.1, -0.05) is 18.6 Å². The third kappa shape index (κ3) is 3.50. The molecular formula is C17H26N2O4. The highest BCUT2D eigenvalue weighted by Crippen LogP contribution is 2.40. The van der Waals surface area contributed by atoms with E-state index in [1.807, 2.05) is 6.08 Å². The number of esters is 1. The number of nitrogens with zero attached hydrogens (tertiary/aromatic N) is 1. The van der Waals surface area contributed by atoms with Crippen LogP contribution in [0.1, 0.15) is 19.8 Å². The van der Waals surface area contributed by atoms with Crippen LogP contribution in [0, 0.1) is 5.92 Å². The number of carbonyl (C=O) groups excluding carboxylic acids is 1. The van der Waals surface area contributed by atoms with E-state index < -0.39 is 0 Å². The topological polar surface area (TPSA) is 71.0 Å². The molecule has 6 heteroatoms. The zero-order chi connectivity index (χ0) is 16.2. The molecule has 0 bridgehead atoms. The lowest BCUT2D eigenvalue weighted by Gasteiger charge is -2.38. The molecule has 0 aromatic heterocycles. The quantitative estimate of drug-likeness (QED) is 0.403. The first-order valence-corrected chi connectivity index (χ1v) is 8.49. The zero-order valence-electron chi connectivity index (χ0n) is 13.7. The summed E-state index contributed by atoms with van der Waals surface area (Å²) in [5.41, 5.74) is 3.27. The number of likely N-dealkylation sites (N-methyl/N-ethyl adjacent to an activating group) is 1. The molecular weight excluding hydrogens is 296 g/mol. The molecule has 2 aliphatic heterocycles. The lowest BCUT2D eigenvalue weighted by Crippen LogP contribution is -2.44. The number of fused-ring (bicyclic) bond motifs is 2. The summed E-state index contributed by atoms with van der Waals surface area (Å²) >= 11 is 0. The van der Waals surface area contributed by atoms with E-state index in [9.17, 15) is 4.79 Å². The van der Waals surface area contributed by atoms with Crippen molar-refractivity contribution in [3.63, 3.8) is 0 Å². The van der Waals surface area contributed by atoms with Gasteiger partial charge in [0.15, 0.2) is 0 Å². The first-order valence-electron chi connectivity index (χ1n) is 8.49. The molecule has 2 fully saturated rings. The number of ether oxygens (including phenoxy) is 2. The summed E-state index contributed by atoms with van der Waals surface area (Å²) in [5.74, 6) is 0.191. The second kappa shape index (κ2) is 7.57. The second-order valence-electron chi connectivity index (χ2n) is 6.25. The molecule has 6 nitrogen and oxygen atoms in total. The molecule has 0 aromatic rings. The van der Waals surface area contributed by atoms with Crippen LogP contribution in [0.15, 0.2) is 22.8 Å². The van der Waals surface area contributed by atoms with Crippen molar-refractivity contribution in [2.45, 2.75) is 25.9 Å². The highest BCUT2D eigenvalue weighted by atomic mass is 16.5. The Labute approximate surface area is 137 Å². The van der Waals surface area contributed by atoms with Gasteiger partial charge >= 0.3 is 5.97 Å². The highest BCUT2D eigenvalue weighted by Gasteiger charge is 2.39. The second-order valence-corrected chi connectivity index (χ2v) is 6.25. The zero-order valence-corrected chi connectivity index (χ0v) is 13.7. The molecule has 128 valence electrons. The van der Waals surface area contributed by atoms with Crippen molar-refractivity contribution in [2.75, 3.05) is 46.1 Å². The number of hydrogen-bond acceptors (Lipinski definition) is 6. The molecule has 2 atom stereocenters. The lowest BCUT2D eigenvalue weighted by molar-refractivity contribution is -0.135. The molecule has 0 aromatic carbocycles. The van der Waals surface area contributed by atoms with Gasteiger partial charge in [0.2, 0.25) is 0 Å². The van der Waals surface area contributed by atoms with Crippen molar-refractivity contribution in [2.24, 2.45) is 5.92 Å². The standard InChI is InChI=1S/C17H26N2O4/c1-2-19(7-6-18-11-20)9-16-13-3-4-14-15(10-23-17(14)21)12(13)5-8-22-16/h4,13,16,18,20H,2-3,5-11H2,1H3. The van der Waals surface area contributed by atoms with Gasteiger partial charge in [-0.3, -0.25) is 10.2 Å². The van der Waals surface area contributed by atoms with E-state index in [2.05, 4.69) is 17.1 Å². The third-order valence-electron chi connectivity index (χ3n) is 5.06. The van der Waals surface area contributed by atoms with E-state index in [-0.39, 0.29) is 18.8 Å². The van der Waals surface area contributed by atoms with Crippen LogP contribution in [0.25, 0.3) is 0 Å². The molecule has 0 radical (unpaired) electrons. The Kier molecular flexibility index (Phi) is 5.48. The van der Waals surface area contributed by atoms with Crippen LogP contribution < -0.4 is 5.32 Å². The lowest BCUT2D eigenvalue weighted by atomic mass is 9.77. The van der Waals surface area contributed by atoms with E-state index in [0.29, 0.717) is 19.1 Å². The van der Waals surface area contributed by atoms with Crippen LogP contribution in [-0.4, -0.2) is 68.2 Å². The molecule has 2 unspecified atom stereocenters. The van der Waals surface area contributed by atoms with E-state index in [1.54, 1.807) is 0 Å². The number of carbonyl (C=O) groups is 1. The first-order chi connectivity index (χ1) is 11.2. The normalized spacial score (nSPS) is 26.9. The fourth-order valence-electron chi connectivity index (χ4n) is 3.78. The average Bonchev–Trinajstić information content (AvgIpc) is 2.96. The number of cyclic esters (lactones) is 1. The van der Waals surface area contributed by atoms with Crippen LogP contribution in [-0.2, 0) is 14.3 Å². The largest absolute Gasteiger partial charge is 0.457 e. The monoisotopic (exact) mass is 322 g/mol. The van der Waals surface area contributed by atoms with Crippen LogP contribution in [0.3, 0.4) is 0 Å². The minimum atomic E-state index is -0.167. The van der Waals surface area contributed by atoms with Gasteiger partial charge in [0.1, 0.15) is 6.61 Å². The molecule has 0 amide bonds. The maximum atomic E-state index is 11.7. The van der Waals surface area contributed by atoms with Crippen LogP contribution in [0.4, 0.5) is 0 Å². The predicted molar refractivity (Wildman–Crippen MR) is 85.7 cm³/mol. The number of aliphatic hydroxyl groups excluding tert-OH is 1. The first kappa shape index (κ1) is 16.6. The maximum absolute atomic E-state index is 11.7. The smallest absolute Gasteiger partial charge is 0.338 e. The van der Waals surface area contributed by atoms with E-state index >= 15 is 0 Å². The molecule has 3 rings (SSSR count). The summed E-state index contributed by atoms with van der Waals surface area (Å²) in [7, 11) is 0. The average molecular weight is 322 g/mol. The summed E-state index contributed by atoms with van der Waals surface area (Å²) in [6, 6.07) is 0. The van der Waals surface area contributed by atoms with Crippen LogP contribution in [0.5, 0.6) is 0 Å². The Balaban J connectivity index is 1.67. The predicted octanol–water partition coefficient (Wildman–Crippen LogP) is 0.436. The molecule has 23 heavy (non-hydrogen) atoms. The van der Waals surface area contributed by atoms with Crippen LogP contribution in [0.2, 0.25) is 0 Å². The van der Waals surface area contributed by atoms with Gasteiger partial charge in [0, 0.05) is 31.1 Å². The fraction of sp³-hybridized carbons (Fsp3) is 0.706. The van der Waals surface area contributed by atoms with Gasteiger partial charge in [-0.25, -0.2) is 4.79 Å². The number of hydrogen-bond donors (Lipinski definition) is 2. The Hall–Kier alpha value is -1.21. The summed E-state index contributed by atoms with van der Waals surface area (Å²) in [4.78, 5) is 14.1. The van der Waals surface area contributed by atoms with Crippen LogP contribution >= 0.6 is 0 Å². The van der Waals surface area contributed by atoms with Crippen molar-refractivity contribution in [1.82, 2.24) is 10.2 Å². The van der Waals surface area contributed by atoms with Gasteiger partial charge in [-0.05, 0) is 19.4 Å². The molecule has 2 heterocycles. The summed E-state index contributed by atoms with van der Waals surface area (Å²) in [6.45, 7) is 6.79. The van der Waals surface area contributed by atoms with Gasteiger partial charge in [-0.15, -0.1) is 0 Å². The molecule has 2 N–H and O–H groups in total. The van der Waals surface area contributed by atoms with E-state index in [4.69, 9.17) is 14.6 Å². The SMILES string of the molecule is CCN(CCNCO)CC1OCCC2=C3COC(=O)C3=CCC21. The van der Waals surface area contributed by atoms with Gasteiger partial charge in [0.05, 0.1) is 25.0 Å². The fourth-order valence-corrected chi connectivity index (χ4v) is 3.78. The number of allylic oxidation sites excluding steroid dienone is 1. The maximum Gasteiger partial charge on any atom is 0.338 e. The molecule has 3 aliphatic rings.